The topological polar surface area (TPSA) is 71.5 Å². The molecule has 164 valence electrons. The van der Waals surface area contributed by atoms with E-state index in [0.717, 1.165) is 26.1 Å². The highest BCUT2D eigenvalue weighted by Crippen LogP contribution is 2.32. The Morgan fingerprint density at radius 2 is 2.06 bits per heavy atom. The van der Waals surface area contributed by atoms with Gasteiger partial charge in [-0.15, -0.1) is 11.3 Å². The van der Waals surface area contributed by atoms with E-state index in [2.05, 4.69) is 45.8 Å². The lowest BCUT2D eigenvalue weighted by Gasteiger charge is -2.37. The molecule has 4 rings (SSSR count). The van der Waals surface area contributed by atoms with Gasteiger partial charge in [0.15, 0.2) is 5.13 Å². The van der Waals surface area contributed by atoms with Crippen LogP contribution < -0.4 is 9.46 Å². The number of likely N-dealkylation sites (tertiary alicyclic amines) is 1. The number of benzene rings is 2. The van der Waals surface area contributed by atoms with Gasteiger partial charge in [-0.1, -0.05) is 48.9 Å². The van der Waals surface area contributed by atoms with Crippen molar-refractivity contribution in [2.75, 3.05) is 17.8 Å². The summed E-state index contributed by atoms with van der Waals surface area (Å²) in [5, 5.41) is 2.29. The molecule has 2 aromatic carbocycles. The molecule has 2 heterocycles. The molecule has 3 aromatic rings. The summed E-state index contributed by atoms with van der Waals surface area (Å²) in [4.78, 5) is 6.46. The van der Waals surface area contributed by atoms with E-state index in [9.17, 15) is 8.42 Å². The molecule has 1 saturated heterocycles. The first-order chi connectivity index (χ1) is 14.9. The Bertz CT molecular complexity index is 1110. The van der Waals surface area contributed by atoms with E-state index in [4.69, 9.17) is 16.3 Å². The fraction of sp³-hybridized carbons (Fsp3) is 0.318. The van der Waals surface area contributed by atoms with E-state index < -0.39 is 10.0 Å². The zero-order valence-corrected chi connectivity index (χ0v) is 19.5. The standard InChI is InChI=1S/C22H24ClN3O3S2/c1-16-14-26(15-17-5-3-2-4-6-17)11-9-20(16)29-21-8-7-18(13-19(21)23)31(27,28)25-22-24-10-12-30-22/h2-8,10,12-13,16,20H,9,11,14-15H2,1H3,(H,24,25)/t16?,20-/m1/s1. The van der Waals surface area contributed by atoms with Crippen LogP contribution in [0.25, 0.3) is 0 Å². The molecule has 6 nitrogen and oxygen atoms in total. The molecule has 1 aromatic heterocycles. The lowest BCUT2D eigenvalue weighted by atomic mass is 9.96. The normalized spacial score (nSPS) is 19.8. The molecule has 0 saturated carbocycles. The minimum atomic E-state index is -3.75. The van der Waals surface area contributed by atoms with Crippen molar-refractivity contribution in [1.29, 1.82) is 0 Å². The number of piperidine rings is 1. The number of aromatic nitrogens is 1. The van der Waals surface area contributed by atoms with Gasteiger partial charge in [0.25, 0.3) is 10.0 Å². The molecule has 1 aliphatic heterocycles. The fourth-order valence-corrected chi connectivity index (χ4v) is 5.83. The average molecular weight is 478 g/mol. The largest absolute Gasteiger partial charge is 0.488 e. The molecule has 0 amide bonds. The highest BCUT2D eigenvalue weighted by atomic mass is 35.5. The lowest BCUT2D eigenvalue weighted by Crippen LogP contribution is -2.44. The number of thiazole rings is 1. The predicted molar refractivity (Wildman–Crippen MR) is 124 cm³/mol. The van der Waals surface area contributed by atoms with Crippen LogP contribution in [-0.4, -0.2) is 37.5 Å². The highest BCUT2D eigenvalue weighted by Gasteiger charge is 2.28. The average Bonchev–Trinajstić information content (AvgIpc) is 3.24. The van der Waals surface area contributed by atoms with Gasteiger partial charge < -0.3 is 4.74 Å². The molecule has 1 unspecified atom stereocenters. The third-order valence-corrected chi connectivity index (χ3v) is 7.76. The summed E-state index contributed by atoms with van der Waals surface area (Å²) in [6.07, 6.45) is 2.45. The Morgan fingerprint density at radius 1 is 1.26 bits per heavy atom. The maximum Gasteiger partial charge on any atom is 0.263 e. The quantitative estimate of drug-likeness (QED) is 0.524. The van der Waals surface area contributed by atoms with Crippen molar-refractivity contribution < 1.29 is 13.2 Å². The van der Waals surface area contributed by atoms with Crippen LogP contribution in [0.1, 0.15) is 18.9 Å². The molecule has 31 heavy (non-hydrogen) atoms. The second kappa shape index (κ2) is 9.56. The van der Waals surface area contributed by atoms with Crippen LogP contribution >= 0.6 is 22.9 Å². The molecule has 1 fully saturated rings. The summed E-state index contributed by atoms with van der Waals surface area (Å²) in [6, 6.07) is 15.0. The maximum atomic E-state index is 12.5. The number of hydrogen-bond acceptors (Lipinski definition) is 6. The van der Waals surface area contributed by atoms with Gasteiger partial charge in [-0.2, -0.15) is 0 Å². The first-order valence-electron chi connectivity index (χ1n) is 10.1. The third kappa shape index (κ3) is 5.57. The zero-order valence-electron chi connectivity index (χ0n) is 17.1. The fourth-order valence-electron chi connectivity index (χ4n) is 3.73. The molecule has 0 aliphatic carbocycles. The molecule has 0 bridgehead atoms. The molecular formula is C22H24ClN3O3S2. The monoisotopic (exact) mass is 477 g/mol. The van der Waals surface area contributed by atoms with Crippen LogP contribution in [0.3, 0.4) is 0 Å². The summed E-state index contributed by atoms with van der Waals surface area (Å²) < 4.78 is 33.7. The summed E-state index contributed by atoms with van der Waals surface area (Å²) in [5.74, 6) is 0.826. The predicted octanol–water partition coefficient (Wildman–Crippen LogP) is 4.89. The van der Waals surface area contributed by atoms with Crippen molar-refractivity contribution in [3.63, 3.8) is 0 Å². The smallest absolute Gasteiger partial charge is 0.263 e. The van der Waals surface area contributed by atoms with Crippen LogP contribution in [0, 0.1) is 5.92 Å². The van der Waals surface area contributed by atoms with E-state index in [1.54, 1.807) is 17.6 Å². The SMILES string of the molecule is CC1CN(Cc2ccccc2)CC[C@H]1Oc1ccc(S(=O)(=O)Nc2nccs2)cc1Cl. The van der Waals surface area contributed by atoms with Crippen LogP contribution in [0.5, 0.6) is 5.75 Å². The summed E-state index contributed by atoms with van der Waals surface area (Å²) in [5.41, 5.74) is 1.31. The molecule has 1 aliphatic rings. The zero-order chi connectivity index (χ0) is 21.8. The van der Waals surface area contributed by atoms with Gasteiger partial charge in [0.05, 0.1) is 9.92 Å². The molecule has 2 atom stereocenters. The van der Waals surface area contributed by atoms with Crippen molar-refractivity contribution in [2.24, 2.45) is 5.92 Å². The van der Waals surface area contributed by atoms with Gasteiger partial charge in [-0.3, -0.25) is 9.62 Å². The van der Waals surface area contributed by atoms with E-state index in [1.165, 1.54) is 29.0 Å². The Balaban J connectivity index is 1.38. The second-order valence-electron chi connectivity index (χ2n) is 7.68. The number of hydrogen-bond donors (Lipinski definition) is 1. The molecular weight excluding hydrogens is 454 g/mol. The summed E-state index contributed by atoms with van der Waals surface area (Å²) in [6.45, 7) is 4.97. The van der Waals surface area contributed by atoms with E-state index in [0.29, 0.717) is 16.8 Å². The molecule has 9 heteroatoms. The minimum Gasteiger partial charge on any atom is -0.488 e. The number of rotatable bonds is 7. The van der Waals surface area contributed by atoms with Crippen LogP contribution in [0.2, 0.25) is 5.02 Å². The number of ether oxygens (including phenoxy) is 1. The second-order valence-corrected chi connectivity index (χ2v) is 10.7. The maximum absolute atomic E-state index is 12.5. The Morgan fingerprint density at radius 3 is 2.74 bits per heavy atom. The van der Waals surface area contributed by atoms with Crippen molar-refractivity contribution in [2.45, 2.75) is 30.9 Å². The first-order valence-corrected chi connectivity index (χ1v) is 12.8. The number of nitrogens with zero attached hydrogens (tertiary/aromatic N) is 2. The van der Waals surface area contributed by atoms with Crippen LogP contribution in [0.4, 0.5) is 5.13 Å². The Kier molecular flexibility index (Phi) is 6.81. The number of halogens is 1. The first kappa shape index (κ1) is 22.1. The number of nitrogens with one attached hydrogen (secondary N) is 1. The lowest BCUT2D eigenvalue weighted by molar-refractivity contribution is 0.0490. The van der Waals surface area contributed by atoms with Gasteiger partial charge in [0.2, 0.25) is 0 Å². The van der Waals surface area contributed by atoms with Gasteiger partial charge in [-0.05, 0) is 30.2 Å². The van der Waals surface area contributed by atoms with Gasteiger partial charge in [-0.25, -0.2) is 13.4 Å². The van der Waals surface area contributed by atoms with Crippen molar-refractivity contribution in [3.05, 3.63) is 70.7 Å². The van der Waals surface area contributed by atoms with Crippen LogP contribution in [0.15, 0.2) is 65.0 Å². The Hall–Kier alpha value is -2.13. The van der Waals surface area contributed by atoms with Crippen molar-refractivity contribution >= 4 is 38.1 Å². The van der Waals surface area contributed by atoms with E-state index in [-0.39, 0.29) is 16.0 Å². The van der Waals surface area contributed by atoms with Crippen molar-refractivity contribution in [3.8, 4) is 5.75 Å². The van der Waals surface area contributed by atoms with Crippen molar-refractivity contribution in [1.82, 2.24) is 9.88 Å². The van der Waals surface area contributed by atoms with E-state index >= 15 is 0 Å². The van der Waals surface area contributed by atoms with E-state index in [1.807, 2.05) is 6.07 Å². The van der Waals surface area contributed by atoms with Gasteiger partial charge in [0, 0.05) is 37.1 Å². The van der Waals surface area contributed by atoms with Gasteiger partial charge in [0.1, 0.15) is 11.9 Å². The Labute approximate surface area is 191 Å². The van der Waals surface area contributed by atoms with Crippen LogP contribution in [-0.2, 0) is 16.6 Å². The molecule has 0 spiro atoms. The summed E-state index contributed by atoms with van der Waals surface area (Å²) >= 11 is 7.59. The minimum absolute atomic E-state index is 0.0282. The summed E-state index contributed by atoms with van der Waals surface area (Å²) in [7, 11) is -3.75. The van der Waals surface area contributed by atoms with Gasteiger partial charge >= 0.3 is 0 Å². The molecule has 1 N–H and O–H groups in total. The number of sulfonamides is 1. The highest BCUT2D eigenvalue weighted by molar-refractivity contribution is 7.93. The molecule has 0 radical (unpaired) electrons. The third-order valence-electron chi connectivity index (χ3n) is 5.31. The number of anilines is 1.